The zero-order valence-electron chi connectivity index (χ0n) is 17.4. The molecule has 6 heteroatoms. The van der Waals surface area contributed by atoms with Crippen molar-refractivity contribution >= 4 is 40.5 Å². The fourth-order valence-corrected chi connectivity index (χ4v) is 3.76. The Morgan fingerprint density at radius 2 is 1.65 bits per heavy atom. The van der Waals surface area contributed by atoms with E-state index < -0.39 is 0 Å². The molecule has 3 aromatic rings. The van der Waals surface area contributed by atoms with E-state index in [1.807, 2.05) is 60.7 Å². The fraction of sp³-hybridized carbons (Fsp3) is 0.160. The minimum absolute atomic E-state index is 0.00239. The van der Waals surface area contributed by atoms with Gasteiger partial charge < -0.3 is 10.2 Å². The SMILES string of the molecule is CC(C)c1ccc(C(=O)NC(=S)Nc2ccc(N3Cc4ccccc4C3=O)cc2)cc1. The van der Waals surface area contributed by atoms with E-state index in [2.05, 4.69) is 24.5 Å². The van der Waals surface area contributed by atoms with Crippen LogP contribution in [0.4, 0.5) is 11.4 Å². The molecule has 1 aliphatic rings. The summed E-state index contributed by atoms with van der Waals surface area (Å²) in [7, 11) is 0. The van der Waals surface area contributed by atoms with Crippen LogP contribution in [0.5, 0.6) is 0 Å². The third kappa shape index (κ3) is 4.49. The predicted molar refractivity (Wildman–Crippen MR) is 128 cm³/mol. The molecule has 0 atom stereocenters. The van der Waals surface area contributed by atoms with Crippen LogP contribution in [-0.4, -0.2) is 16.9 Å². The lowest BCUT2D eigenvalue weighted by Gasteiger charge is -2.17. The Morgan fingerprint density at radius 1 is 0.968 bits per heavy atom. The maximum atomic E-state index is 12.6. The van der Waals surface area contributed by atoms with Gasteiger partial charge in [0.1, 0.15) is 0 Å². The molecular weight excluding hydrogens is 406 g/mol. The summed E-state index contributed by atoms with van der Waals surface area (Å²) < 4.78 is 0. The van der Waals surface area contributed by atoms with Crippen molar-refractivity contribution in [3.63, 3.8) is 0 Å². The van der Waals surface area contributed by atoms with Crippen LogP contribution >= 0.6 is 12.2 Å². The van der Waals surface area contributed by atoms with E-state index in [4.69, 9.17) is 12.2 Å². The van der Waals surface area contributed by atoms with Gasteiger partial charge in [0.15, 0.2) is 5.11 Å². The van der Waals surface area contributed by atoms with Gasteiger partial charge in [-0.2, -0.15) is 0 Å². The topological polar surface area (TPSA) is 61.4 Å². The van der Waals surface area contributed by atoms with Crippen LogP contribution in [0.2, 0.25) is 0 Å². The van der Waals surface area contributed by atoms with E-state index in [1.54, 1.807) is 17.0 Å². The van der Waals surface area contributed by atoms with Crippen LogP contribution in [0.1, 0.15) is 51.6 Å². The van der Waals surface area contributed by atoms with Gasteiger partial charge in [-0.25, -0.2) is 0 Å². The summed E-state index contributed by atoms with van der Waals surface area (Å²) in [6.45, 7) is 4.78. The van der Waals surface area contributed by atoms with Crippen molar-refractivity contribution in [2.75, 3.05) is 10.2 Å². The number of thiocarbonyl (C=S) groups is 1. The molecule has 31 heavy (non-hydrogen) atoms. The fourth-order valence-electron chi connectivity index (χ4n) is 3.54. The van der Waals surface area contributed by atoms with Crippen molar-refractivity contribution in [3.8, 4) is 0 Å². The largest absolute Gasteiger partial charge is 0.332 e. The van der Waals surface area contributed by atoms with Crippen molar-refractivity contribution < 1.29 is 9.59 Å². The Labute approximate surface area is 187 Å². The third-order valence-electron chi connectivity index (χ3n) is 5.32. The molecule has 2 amide bonds. The molecule has 5 nitrogen and oxygen atoms in total. The molecule has 1 heterocycles. The molecule has 0 unspecified atom stereocenters. The molecule has 3 aromatic carbocycles. The smallest absolute Gasteiger partial charge is 0.258 e. The van der Waals surface area contributed by atoms with E-state index in [0.29, 0.717) is 18.0 Å². The zero-order valence-corrected chi connectivity index (χ0v) is 18.2. The maximum absolute atomic E-state index is 12.6. The van der Waals surface area contributed by atoms with Gasteiger partial charge in [-0.05, 0) is 71.7 Å². The summed E-state index contributed by atoms with van der Waals surface area (Å²) in [5.74, 6) is 0.153. The first kappa shape index (κ1) is 20.8. The second-order valence-corrected chi connectivity index (χ2v) is 8.19. The molecule has 2 N–H and O–H groups in total. The number of hydrogen-bond acceptors (Lipinski definition) is 3. The summed E-state index contributed by atoms with van der Waals surface area (Å²) in [6, 6.07) is 22.5. The van der Waals surface area contributed by atoms with Crippen LogP contribution in [0.15, 0.2) is 72.8 Å². The van der Waals surface area contributed by atoms with Crippen molar-refractivity contribution in [3.05, 3.63) is 95.1 Å². The lowest BCUT2D eigenvalue weighted by atomic mass is 10.0. The number of carbonyl (C=O) groups is 2. The first-order valence-corrected chi connectivity index (χ1v) is 10.6. The number of carbonyl (C=O) groups excluding carboxylic acids is 2. The molecule has 0 aliphatic carbocycles. The van der Waals surface area contributed by atoms with E-state index in [1.165, 1.54) is 5.56 Å². The van der Waals surface area contributed by atoms with Crippen LogP contribution in [0.3, 0.4) is 0 Å². The highest BCUT2D eigenvalue weighted by Crippen LogP contribution is 2.28. The zero-order chi connectivity index (χ0) is 22.0. The molecular formula is C25H23N3O2S. The van der Waals surface area contributed by atoms with Gasteiger partial charge in [0.05, 0.1) is 6.54 Å². The Balaban J connectivity index is 1.36. The Hall–Kier alpha value is -3.51. The highest BCUT2D eigenvalue weighted by atomic mass is 32.1. The van der Waals surface area contributed by atoms with E-state index >= 15 is 0 Å². The quantitative estimate of drug-likeness (QED) is 0.567. The number of rotatable bonds is 4. The first-order chi connectivity index (χ1) is 14.9. The van der Waals surface area contributed by atoms with Gasteiger partial charge in [0.25, 0.3) is 11.8 Å². The number of benzene rings is 3. The molecule has 0 fully saturated rings. The number of amides is 2. The van der Waals surface area contributed by atoms with Gasteiger partial charge in [-0.1, -0.05) is 44.2 Å². The number of hydrogen-bond donors (Lipinski definition) is 2. The van der Waals surface area contributed by atoms with Gasteiger partial charge in [0, 0.05) is 22.5 Å². The normalized spacial score (nSPS) is 12.6. The van der Waals surface area contributed by atoms with Gasteiger partial charge in [0.2, 0.25) is 0 Å². The predicted octanol–water partition coefficient (Wildman–Crippen LogP) is 5.10. The molecule has 0 saturated heterocycles. The Bertz CT molecular complexity index is 1140. The van der Waals surface area contributed by atoms with Crippen LogP contribution in [-0.2, 0) is 6.54 Å². The minimum atomic E-state index is -0.259. The Kier molecular flexibility index (Phi) is 5.82. The molecule has 0 saturated carbocycles. The summed E-state index contributed by atoms with van der Waals surface area (Å²) in [4.78, 5) is 26.8. The monoisotopic (exact) mass is 429 g/mol. The number of anilines is 2. The average Bonchev–Trinajstić information content (AvgIpc) is 3.11. The first-order valence-electron chi connectivity index (χ1n) is 10.1. The Morgan fingerprint density at radius 3 is 2.29 bits per heavy atom. The summed E-state index contributed by atoms with van der Waals surface area (Å²) in [5.41, 5.74) is 5.04. The van der Waals surface area contributed by atoms with E-state index in [9.17, 15) is 9.59 Å². The molecule has 156 valence electrons. The standard InChI is InChI=1S/C25H23N3O2S/c1-16(2)17-7-9-18(10-8-17)23(29)27-25(31)26-20-11-13-21(14-12-20)28-15-19-5-3-4-6-22(19)24(28)30/h3-14,16H,15H2,1-2H3,(H2,26,27,29,31). The van der Waals surface area contributed by atoms with Gasteiger partial charge in [-0.15, -0.1) is 0 Å². The van der Waals surface area contributed by atoms with Crippen molar-refractivity contribution in [2.24, 2.45) is 0 Å². The highest BCUT2D eigenvalue weighted by molar-refractivity contribution is 7.80. The number of nitrogens with one attached hydrogen (secondary N) is 2. The molecule has 1 aliphatic heterocycles. The maximum Gasteiger partial charge on any atom is 0.258 e. The number of fused-ring (bicyclic) bond motifs is 1. The summed E-state index contributed by atoms with van der Waals surface area (Å²) in [5, 5.41) is 5.93. The van der Waals surface area contributed by atoms with E-state index in [-0.39, 0.29) is 16.9 Å². The van der Waals surface area contributed by atoms with Crippen molar-refractivity contribution in [2.45, 2.75) is 26.3 Å². The van der Waals surface area contributed by atoms with Crippen molar-refractivity contribution in [1.82, 2.24) is 5.32 Å². The second-order valence-electron chi connectivity index (χ2n) is 7.78. The summed E-state index contributed by atoms with van der Waals surface area (Å²) >= 11 is 5.28. The highest BCUT2D eigenvalue weighted by Gasteiger charge is 2.27. The van der Waals surface area contributed by atoms with Crippen LogP contribution in [0.25, 0.3) is 0 Å². The summed E-state index contributed by atoms with van der Waals surface area (Å²) in [6.07, 6.45) is 0. The lowest BCUT2D eigenvalue weighted by Crippen LogP contribution is -2.34. The average molecular weight is 430 g/mol. The minimum Gasteiger partial charge on any atom is -0.332 e. The molecule has 0 radical (unpaired) electrons. The van der Waals surface area contributed by atoms with Crippen LogP contribution < -0.4 is 15.5 Å². The molecule has 0 spiro atoms. The number of nitrogens with zero attached hydrogens (tertiary/aromatic N) is 1. The van der Waals surface area contributed by atoms with Crippen LogP contribution in [0, 0.1) is 0 Å². The van der Waals surface area contributed by atoms with Gasteiger partial charge >= 0.3 is 0 Å². The van der Waals surface area contributed by atoms with E-state index in [0.717, 1.165) is 22.5 Å². The molecule has 0 aromatic heterocycles. The lowest BCUT2D eigenvalue weighted by molar-refractivity contribution is 0.0974. The van der Waals surface area contributed by atoms with Gasteiger partial charge in [-0.3, -0.25) is 14.9 Å². The van der Waals surface area contributed by atoms with Crippen molar-refractivity contribution in [1.29, 1.82) is 0 Å². The third-order valence-corrected chi connectivity index (χ3v) is 5.53. The molecule has 4 rings (SSSR count). The molecule has 0 bridgehead atoms. The second kappa shape index (κ2) is 8.70.